The van der Waals surface area contributed by atoms with Crippen LogP contribution in [0.5, 0.6) is 0 Å². The van der Waals surface area contributed by atoms with Gasteiger partial charge in [-0.05, 0) is 68.6 Å². The molecule has 1 aromatic carbocycles. The minimum absolute atomic E-state index is 0.191. The summed E-state index contributed by atoms with van der Waals surface area (Å²) in [6.07, 6.45) is 15.9. The molecule has 2 aliphatic carbocycles. The zero-order chi connectivity index (χ0) is 16.1. The summed E-state index contributed by atoms with van der Waals surface area (Å²) in [5.41, 5.74) is 0.881. The molecule has 0 saturated heterocycles. The lowest BCUT2D eigenvalue weighted by Crippen LogP contribution is -2.15. The summed E-state index contributed by atoms with van der Waals surface area (Å²) >= 11 is 3.45. The first-order valence-corrected chi connectivity index (χ1v) is 9.41. The molecule has 1 aromatic rings. The van der Waals surface area contributed by atoms with Gasteiger partial charge in [-0.3, -0.25) is 4.79 Å². The second-order valence-electron chi connectivity index (χ2n) is 6.53. The van der Waals surface area contributed by atoms with E-state index in [1.165, 1.54) is 0 Å². The van der Waals surface area contributed by atoms with Crippen LogP contribution < -0.4 is 5.32 Å². The minimum Gasteiger partial charge on any atom is -0.326 e. The lowest BCUT2D eigenvalue weighted by atomic mass is 10.1. The Morgan fingerprint density at radius 3 is 2.17 bits per heavy atom. The van der Waals surface area contributed by atoms with Crippen molar-refractivity contribution in [1.82, 2.24) is 0 Å². The number of hydrogen-bond donors (Lipinski definition) is 1. The normalized spacial score (nSPS) is 30.2. The number of fused-ring (bicyclic) bond motifs is 1. The van der Waals surface area contributed by atoms with Gasteiger partial charge in [0.15, 0.2) is 0 Å². The van der Waals surface area contributed by atoms with E-state index in [2.05, 4.69) is 45.6 Å². The van der Waals surface area contributed by atoms with Crippen molar-refractivity contribution in [2.45, 2.75) is 38.5 Å². The molecule has 0 bridgehead atoms. The second-order valence-corrected chi connectivity index (χ2v) is 7.44. The van der Waals surface area contributed by atoms with Gasteiger partial charge in [-0.25, -0.2) is 0 Å². The van der Waals surface area contributed by atoms with Gasteiger partial charge in [0.1, 0.15) is 0 Å². The zero-order valence-corrected chi connectivity index (χ0v) is 15.0. The topological polar surface area (TPSA) is 29.1 Å². The quantitative estimate of drug-likeness (QED) is 0.660. The Morgan fingerprint density at radius 1 is 0.957 bits per heavy atom. The molecule has 0 heterocycles. The Hall–Kier alpha value is -1.35. The molecule has 0 radical (unpaired) electrons. The molecule has 122 valence electrons. The van der Waals surface area contributed by atoms with Gasteiger partial charge in [0.25, 0.3) is 0 Å². The molecule has 0 aromatic heterocycles. The Bertz CT molecular complexity index is 583. The van der Waals surface area contributed by atoms with E-state index in [9.17, 15) is 4.79 Å². The number of carbonyl (C=O) groups is 1. The van der Waals surface area contributed by atoms with Gasteiger partial charge in [0.2, 0.25) is 5.91 Å². The molecule has 1 amide bonds. The van der Waals surface area contributed by atoms with Crippen molar-refractivity contribution in [2.75, 3.05) is 5.32 Å². The summed E-state index contributed by atoms with van der Waals surface area (Å²) < 4.78 is 0.993. The first-order chi connectivity index (χ1) is 11.3. The first-order valence-electron chi connectivity index (χ1n) is 8.62. The van der Waals surface area contributed by atoms with Crippen LogP contribution in [0.3, 0.4) is 0 Å². The SMILES string of the molecule is O=C(Nc1cccc(Br)c1)C1[C@H]2CC/C=C\CC/C=C/CC[C@@H]12. The van der Waals surface area contributed by atoms with Crippen molar-refractivity contribution < 1.29 is 4.79 Å². The smallest absolute Gasteiger partial charge is 0.228 e. The predicted octanol–water partition coefficient (Wildman–Crippen LogP) is 5.72. The molecular formula is C20H24BrNO. The molecule has 3 rings (SSSR count). The maximum Gasteiger partial charge on any atom is 0.228 e. The number of allylic oxidation sites excluding steroid dienone is 4. The van der Waals surface area contributed by atoms with E-state index in [1.54, 1.807) is 0 Å². The highest BCUT2D eigenvalue weighted by Crippen LogP contribution is 2.52. The molecule has 1 N–H and O–H groups in total. The van der Waals surface area contributed by atoms with Crippen molar-refractivity contribution in [1.29, 1.82) is 0 Å². The highest BCUT2D eigenvalue weighted by molar-refractivity contribution is 9.10. The van der Waals surface area contributed by atoms with E-state index >= 15 is 0 Å². The van der Waals surface area contributed by atoms with Crippen molar-refractivity contribution in [3.8, 4) is 0 Å². The van der Waals surface area contributed by atoms with Crippen molar-refractivity contribution in [3.05, 3.63) is 53.0 Å². The van der Waals surface area contributed by atoms with Gasteiger partial charge in [0.05, 0.1) is 0 Å². The summed E-state index contributed by atoms with van der Waals surface area (Å²) in [4.78, 5) is 12.6. The van der Waals surface area contributed by atoms with E-state index in [1.807, 2.05) is 24.3 Å². The van der Waals surface area contributed by atoms with E-state index in [-0.39, 0.29) is 11.8 Å². The van der Waals surface area contributed by atoms with Crippen LogP contribution in [-0.2, 0) is 4.79 Å². The van der Waals surface area contributed by atoms with E-state index < -0.39 is 0 Å². The lowest BCUT2D eigenvalue weighted by Gasteiger charge is -2.05. The van der Waals surface area contributed by atoms with Crippen LogP contribution in [0.25, 0.3) is 0 Å². The summed E-state index contributed by atoms with van der Waals surface area (Å²) in [5.74, 6) is 1.50. The third-order valence-corrected chi connectivity index (χ3v) is 5.39. The van der Waals surface area contributed by atoms with Crippen LogP contribution in [0.4, 0.5) is 5.69 Å². The number of carbonyl (C=O) groups excluding carboxylic acids is 1. The summed E-state index contributed by atoms with van der Waals surface area (Å²) in [5, 5.41) is 3.09. The summed E-state index contributed by atoms with van der Waals surface area (Å²) in [6, 6.07) is 7.83. The summed E-state index contributed by atoms with van der Waals surface area (Å²) in [6.45, 7) is 0. The fourth-order valence-corrected chi connectivity index (χ4v) is 4.05. The van der Waals surface area contributed by atoms with Crippen molar-refractivity contribution in [3.63, 3.8) is 0 Å². The van der Waals surface area contributed by atoms with Gasteiger partial charge in [0, 0.05) is 16.1 Å². The fraction of sp³-hybridized carbons (Fsp3) is 0.450. The van der Waals surface area contributed by atoms with Crippen LogP contribution in [0, 0.1) is 17.8 Å². The Kier molecular flexibility index (Phi) is 5.71. The molecule has 1 unspecified atom stereocenters. The Labute approximate surface area is 147 Å². The van der Waals surface area contributed by atoms with E-state index in [4.69, 9.17) is 0 Å². The van der Waals surface area contributed by atoms with Gasteiger partial charge in [-0.15, -0.1) is 0 Å². The van der Waals surface area contributed by atoms with E-state index in [0.29, 0.717) is 11.8 Å². The van der Waals surface area contributed by atoms with Gasteiger partial charge < -0.3 is 5.32 Å². The van der Waals surface area contributed by atoms with Crippen LogP contribution >= 0.6 is 15.9 Å². The molecular weight excluding hydrogens is 350 g/mol. The number of anilines is 1. The Morgan fingerprint density at radius 2 is 1.57 bits per heavy atom. The predicted molar refractivity (Wildman–Crippen MR) is 99.2 cm³/mol. The second kappa shape index (κ2) is 7.96. The molecule has 1 fully saturated rings. The van der Waals surface area contributed by atoms with Gasteiger partial charge >= 0.3 is 0 Å². The van der Waals surface area contributed by atoms with Gasteiger partial charge in [-0.1, -0.05) is 46.3 Å². The highest BCUT2D eigenvalue weighted by atomic mass is 79.9. The molecule has 0 spiro atoms. The third-order valence-electron chi connectivity index (χ3n) is 4.89. The van der Waals surface area contributed by atoms with Crippen molar-refractivity contribution in [2.24, 2.45) is 17.8 Å². The number of rotatable bonds is 2. The maximum atomic E-state index is 12.6. The molecule has 3 atom stereocenters. The number of halogens is 1. The minimum atomic E-state index is 0.191. The van der Waals surface area contributed by atoms with Gasteiger partial charge in [-0.2, -0.15) is 0 Å². The number of amides is 1. The third kappa shape index (κ3) is 4.57. The van der Waals surface area contributed by atoms with Crippen molar-refractivity contribution >= 4 is 27.5 Å². The number of hydrogen-bond acceptors (Lipinski definition) is 1. The number of nitrogens with one attached hydrogen (secondary N) is 1. The maximum absolute atomic E-state index is 12.6. The average Bonchev–Trinajstić information content (AvgIpc) is 3.20. The first kappa shape index (κ1) is 16.5. The molecule has 0 aliphatic heterocycles. The van der Waals surface area contributed by atoms with Crippen LogP contribution in [0.15, 0.2) is 53.0 Å². The number of benzene rings is 1. The van der Waals surface area contributed by atoms with Crippen LogP contribution in [0.2, 0.25) is 0 Å². The summed E-state index contributed by atoms with van der Waals surface area (Å²) in [7, 11) is 0. The monoisotopic (exact) mass is 373 g/mol. The fourth-order valence-electron chi connectivity index (χ4n) is 3.65. The van der Waals surface area contributed by atoms with Crippen LogP contribution in [0.1, 0.15) is 38.5 Å². The van der Waals surface area contributed by atoms with Crippen LogP contribution in [-0.4, -0.2) is 5.91 Å². The largest absolute Gasteiger partial charge is 0.326 e. The Balaban J connectivity index is 1.61. The molecule has 3 heteroatoms. The molecule has 2 aliphatic rings. The average molecular weight is 374 g/mol. The zero-order valence-electron chi connectivity index (χ0n) is 13.4. The highest BCUT2D eigenvalue weighted by Gasteiger charge is 2.52. The molecule has 2 nitrogen and oxygen atoms in total. The molecule has 23 heavy (non-hydrogen) atoms. The van der Waals surface area contributed by atoms with E-state index in [0.717, 1.165) is 48.7 Å². The standard InChI is InChI=1S/C20H24BrNO/c21-15-10-9-11-16(14-15)22-20(23)19-17-12-7-5-3-1-2-4-6-8-13-18(17)19/h3-6,9-11,14,17-19H,1-2,7-8,12-13H2,(H,22,23)/b5-3-,6-4+/t17-,18+,19?/m0/s1. The lowest BCUT2D eigenvalue weighted by molar-refractivity contribution is -0.117. The molecule has 1 saturated carbocycles.